The maximum absolute atomic E-state index is 14.2. The zero-order chi connectivity index (χ0) is 23.8. The minimum absolute atomic E-state index is 0.106. The molecule has 0 spiro atoms. The summed E-state index contributed by atoms with van der Waals surface area (Å²) in [7, 11) is 1.10. The summed E-state index contributed by atoms with van der Waals surface area (Å²) in [5.74, 6) is -4.85. The molecule has 0 aliphatic heterocycles. The van der Waals surface area contributed by atoms with Crippen LogP contribution in [0.2, 0.25) is 0 Å². The molecule has 168 valence electrons. The number of aromatic nitrogens is 2. The second-order valence-corrected chi connectivity index (χ2v) is 6.98. The molecule has 32 heavy (non-hydrogen) atoms. The van der Waals surface area contributed by atoms with Crippen molar-refractivity contribution in [3.63, 3.8) is 0 Å². The van der Waals surface area contributed by atoms with E-state index in [-0.39, 0.29) is 12.1 Å². The lowest BCUT2D eigenvalue weighted by Gasteiger charge is -2.14. The largest absolute Gasteiger partial charge is 0.501 e. The van der Waals surface area contributed by atoms with Crippen molar-refractivity contribution in [2.75, 3.05) is 0 Å². The Hall–Kier alpha value is -3.76. The van der Waals surface area contributed by atoms with E-state index in [1.807, 2.05) is 0 Å². The number of carbonyl (C=O) groups is 1. The van der Waals surface area contributed by atoms with Crippen LogP contribution >= 0.6 is 0 Å². The number of nitrogens with one attached hydrogen (secondary N) is 1. The van der Waals surface area contributed by atoms with Gasteiger partial charge in [0.05, 0.1) is 11.1 Å². The van der Waals surface area contributed by atoms with Crippen LogP contribution in [0.3, 0.4) is 0 Å². The van der Waals surface area contributed by atoms with Crippen LogP contribution in [0.15, 0.2) is 41.2 Å². The molecule has 0 atom stereocenters. The third kappa shape index (κ3) is 4.46. The number of amides is 1. The highest BCUT2D eigenvalue weighted by Crippen LogP contribution is 2.30. The topological polar surface area (TPSA) is 84.2 Å². The number of carbonyl (C=O) groups excluding carboxylic acids is 1. The summed E-state index contributed by atoms with van der Waals surface area (Å²) in [4.78, 5) is 28.6. The molecule has 0 fully saturated rings. The van der Waals surface area contributed by atoms with E-state index in [1.54, 1.807) is 0 Å². The molecule has 6 nitrogen and oxygen atoms in total. The third-order valence-electron chi connectivity index (χ3n) is 4.59. The van der Waals surface area contributed by atoms with Gasteiger partial charge in [-0.1, -0.05) is 17.7 Å². The van der Waals surface area contributed by atoms with E-state index in [4.69, 9.17) is 0 Å². The van der Waals surface area contributed by atoms with Crippen molar-refractivity contribution in [1.82, 2.24) is 14.9 Å². The first-order chi connectivity index (χ1) is 14.9. The minimum Gasteiger partial charge on any atom is -0.501 e. The summed E-state index contributed by atoms with van der Waals surface area (Å²) in [6, 6.07) is 6.13. The van der Waals surface area contributed by atoms with E-state index in [9.17, 15) is 36.6 Å². The molecule has 2 aromatic carbocycles. The number of rotatable bonds is 4. The normalized spacial score (nSPS) is 11.5. The Balaban J connectivity index is 1.97. The summed E-state index contributed by atoms with van der Waals surface area (Å²) < 4.78 is 68.0. The van der Waals surface area contributed by atoms with E-state index < -0.39 is 57.7 Å². The number of aryl methyl sites for hydroxylation is 1. The maximum Gasteiger partial charge on any atom is 0.416 e. The molecule has 3 rings (SSSR count). The zero-order valence-corrected chi connectivity index (χ0v) is 16.7. The van der Waals surface area contributed by atoms with Gasteiger partial charge >= 0.3 is 6.18 Å². The molecule has 0 aliphatic carbocycles. The van der Waals surface area contributed by atoms with Crippen LogP contribution in [0.4, 0.5) is 22.0 Å². The van der Waals surface area contributed by atoms with Crippen molar-refractivity contribution in [3.05, 3.63) is 80.8 Å². The molecule has 0 aliphatic rings. The van der Waals surface area contributed by atoms with Gasteiger partial charge in [0.25, 0.3) is 11.5 Å². The van der Waals surface area contributed by atoms with Crippen molar-refractivity contribution in [3.8, 4) is 17.1 Å². The smallest absolute Gasteiger partial charge is 0.416 e. The molecule has 11 heteroatoms. The van der Waals surface area contributed by atoms with Gasteiger partial charge in [0.15, 0.2) is 5.69 Å². The number of hydrogen-bond acceptors (Lipinski definition) is 4. The fraction of sp³-hybridized carbons (Fsp3) is 0.190. The van der Waals surface area contributed by atoms with Gasteiger partial charge in [-0.25, -0.2) is 13.8 Å². The quantitative estimate of drug-likeness (QED) is 0.591. The average Bonchev–Trinajstić information content (AvgIpc) is 2.70. The monoisotopic (exact) mass is 453 g/mol. The van der Waals surface area contributed by atoms with E-state index in [0.717, 1.165) is 37.4 Å². The number of benzene rings is 2. The van der Waals surface area contributed by atoms with Gasteiger partial charge in [0, 0.05) is 13.6 Å². The lowest BCUT2D eigenvalue weighted by atomic mass is 10.1. The molecular weight excluding hydrogens is 437 g/mol. The van der Waals surface area contributed by atoms with Crippen LogP contribution in [0, 0.1) is 18.6 Å². The van der Waals surface area contributed by atoms with Crippen LogP contribution in [-0.2, 0) is 19.8 Å². The summed E-state index contributed by atoms with van der Waals surface area (Å²) in [6.07, 6.45) is -4.59. The third-order valence-corrected chi connectivity index (χ3v) is 4.59. The highest BCUT2D eigenvalue weighted by atomic mass is 19.4. The fourth-order valence-corrected chi connectivity index (χ4v) is 3.08. The zero-order valence-electron chi connectivity index (χ0n) is 16.7. The molecule has 0 saturated heterocycles. The van der Waals surface area contributed by atoms with Crippen molar-refractivity contribution < 1.29 is 31.9 Å². The van der Waals surface area contributed by atoms with Gasteiger partial charge in [0.2, 0.25) is 5.75 Å². The summed E-state index contributed by atoms with van der Waals surface area (Å²) in [5.41, 5.74) is -3.15. The molecule has 1 heterocycles. The van der Waals surface area contributed by atoms with Crippen LogP contribution < -0.4 is 10.9 Å². The second kappa shape index (κ2) is 8.40. The SMILES string of the molecule is Cc1cc(CNC(=O)c2nc(-c3c(F)cccc3F)n(C)c(=O)c2O)cc(C(F)(F)F)c1. The predicted octanol–water partition coefficient (Wildman–Crippen LogP) is 3.69. The Bertz CT molecular complexity index is 1250. The minimum atomic E-state index is -4.59. The number of nitrogens with zero attached hydrogens (tertiary/aromatic N) is 2. The standard InChI is InChI=1S/C21H16F5N3O3/c1-10-6-11(8-12(7-10)21(24,25)26)9-27-19(31)16-17(30)20(32)29(2)18(28-16)15-13(22)4-3-5-14(15)23/h3-8,30H,9H2,1-2H3,(H,27,31). The predicted molar refractivity (Wildman–Crippen MR) is 104 cm³/mol. The molecule has 0 unspecified atom stereocenters. The lowest BCUT2D eigenvalue weighted by Crippen LogP contribution is -2.29. The Morgan fingerprint density at radius 2 is 1.78 bits per heavy atom. The van der Waals surface area contributed by atoms with Crippen LogP contribution in [0.1, 0.15) is 27.2 Å². The van der Waals surface area contributed by atoms with Gasteiger partial charge in [-0.2, -0.15) is 13.2 Å². The maximum atomic E-state index is 14.2. The van der Waals surface area contributed by atoms with Crippen LogP contribution in [0.5, 0.6) is 5.75 Å². The lowest BCUT2D eigenvalue weighted by molar-refractivity contribution is -0.137. The van der Waals surface area contributed by atoms with Gasteiger partial charge in [-0.15, -0.1) is 0 Å². The molecule has 1 amide bonds. The Labute approximate surface area is 178 Å². The Kier molecular flexibility index (Phi) is 6.02. The second-order valence-electron chi connectivity index (χ2n) is 6.98. The van der Waals surface area contributed by atoms with E-state index >= 15 is 0 Å². The number of hydrogen-bond donors (Lipinski definition) is 2. The van der Waals surface area contributed by atoms with Crippen molar-refractivity contribution in [2.24, 2.45) is 7.05 Å². The fourth-order valence-electron chi connectivity index (χ4n) is 3.08. The summed E-state index contributed by atoms with van der Waals surface area (Å²) in [6.45, 7) is 1.06. The number of aromatic hydroxyl groups is 1. The number of halogens is 5. The number of alkyl halides is 3. The molecule has 3 aromatic rings. The first-order valence-corrected chi connectivity index (χ1v) is 9.10. The van der Waals surface area contributed by atoms with Gasteiger partial charge < -0.3 is 10.4 Å². The molecule has 0 bridgehead atoms. The molecule has 0 radical (unpaired) electrons. The molecule has 0 saturated carbocycles. The summed E-state index contributed by atoms with van der Waals surface area (Å²) >= 11 is 0. The molecule has 2 N–H and O–H groups in total. The Morgan fingerprint density at radius 3 is 2.38 bits per heavy atom. The highest BCUT2D eigenvalue weighted by Gasteiger charge is 2.31. The van der Waals surface area contributed by atoms with Crippen molar-refractivity contribution >= 4 is 5.91 Å². The van der Waals surface area contributed by atoms with Gasteiger partial charge in [0.1, 0.15) is 17.5 Å². The van der Waals surface area contributed by atoms with Crippen LogP contribution in [0.25, 0.3) is 11.4 Å². The van der Waals surface area contributed by atoms with E-state index in [0.29, 0.717) is 10.1 Å². The molecule has 1 aromatic heterocycles. The van der Waals surface area contributed by atoms with E-state index in [2.05, 4.69) is 10.3 Å². The van der Waals surface area contributed by atoms with Crippen molar-refractivity contribution in [1.29, 1.82) is 0 Å². The van der Waals surface area contributed by atoms with Crippen LogP contribution in [-0.4, -0.2) is 20.6 Å². The van der Waals surface area contributed by atoms with Gasteiger partial charge in [-0.3, -0.25) is 14.2 Å². The van der Waals surface area contributed by atoms with Crippen molar-refractivity contribution in [2.45, 2.75) is 19.6 Å². The Morgan fingerprint density at radius 1 is 1.16 bits per heavy atom. The highest BCUT2D eigenvalue weighted by molar-refractivity contribution is 5.95. The van der Waals surface area contributed by atoms with E-state index in [1.165, 1.54) is 13.0 Å². The first-order valence-electron chi connectivity index (χ1n) is 9.10. The van der Waals surface area contributed by atoms with Gasteiger partial charge in [-0.05, 0) is 36.8 Å². The summed E-state index contributed by atoms with van der Waals surface area (Å²) in [5, 5.41) is 12.3. The molecular formula is C21H16F5N3O3. The average molecular weight is 453 g/mol. The first kappa shape index (κ1) is 22.9.